The van der Waals surface area contributed by atoms with Crippen LogP contribution in [0.2, 0.25) is 0 Å². The number of likely N-dealkylation sites (tertiary alicyclic amines) is 1. The van der Waals surface area contributed by atoms with Crippen molar-refractivity contribution in [3.63, 3.8) is 0 Å². The summed E-state index contributed by atoms with van der Waals surface area (Å²) in [5, 5.41) is 2.70. The number of hydrogen-bond acceptors (Lipinski definition) is 2. The average Bonchev–Trinajstić information content (AvgIpc) is 2.31. The Kier molecular flexibility index (Phi) is 2.91. The maximum absolute atomic E-state index is 11.4. The van der Waals surface area contributed by atoms with E-state index in [-0.39, 0.29) is 17.0 Å². The number of nitrogens with zero attached hydrogens (tertiary/aromatic N) is 1. The van der Waals surface area contributed by atoms with Crippen LogP contribution in [0.1, 0.15) is 40.0 Å². The maximum Gasteiger partial charge on any atom is 0.221 e. The van der Waals surface area contributed by atoms with Crippen LogP contribution in [0.4, 0.5) is 0 Å². The van der Waals surface area contributed by atoms with Gasteiger partial charge in [-0.25, -0.2) is 0 Å². The first kappa shape index (κ1) is 11.5. The van der Waals surface area contributed by atoms with Gasteiger partial charge in [-0.15, -0.1) is 0 Å². The van der Waals surface area contributed by atoms with Gasteiger partial charge in [-0.1, -0.05) is 0 Å². The molecule has 3 heteroatoms. The second-order valence-corrected chi connectivity index (χ2v) is 5.22. The van der Waals surface area contributed by atoms with Gasteiger partial charge < -0.3 is 5.32 Å². The molecule has 82 valence electrons. The first-order valence-electron chi connectivity index (χ1n) is 5.26. The largest absolute Gasteiger partial charge is 0.359 e. The molecule has 1 rings (SSSR count). The van der Waals surface area contributed by atoms with Crippen molar-refractivity contribution < 1.29 is 4.79 Å². The summed E-state index contributed by atoms with van der Waals surface area (Å²) in [6.45, 7) is 6.65. The van der Waals surface area contributed by atoms with E-state index >= 15 is 0 Å². The Morgan fingerprint density at radius 3 is 2.29 bits per heavy atom. The molecular weight excluding hydrogens is 176 g/mol. The van der Waals surface area contributed by atoms with Crippen molar-refractivity contribution >= 4 is 5.91 Å². The number of amides is 1. The van der Waals surface area contributed by atoms with E-state index < -0.39 is 0 Å². The predicted molar refractivity (Wildman–Crippen MR) is 58.2 cm³/mol. The third-order valence-electron chi connectivity index (χ3n) is 3.81. The fraction of sp³-hybridized carbons (Fsp3) is 0.909. The van der Waals surface area contributed by atoms with Crippen molar-refractivity contribution in [1.82, 2.24) is 10.2 Å². The Bertz CT molecular complexity index is 237. The highest BCUT2D eigenvalue weighted by atomic mass is 16.1. The zero-order valence-corrected chi connectivity index (χ0v) is 9.98. The molecule has 0 saturated carbocycles. The number of carbonyl (C=O) groups excluding carboxylic acids is 1. The van der Waals surface area contributed by atoms with E-state index in [1.165, 1.54) is 0 Å². The number of carbonyl (C=O) groups is 1. The van der Waals surface area contributed by atoms with Gasteiger partial charge in [-0.05, 0) is 40.7 Å². The van der Waals surface area contributed by atoms with Gasteiger partial charge in [0.05, 0.1) is 0 Å². The van der Waals surface area contributed by atoms with Crippen LogP contribution in [0.3, 0.4) is 0 Å². The number of nitrogens with one attached hydrogen (secondary N) is 1. The molecule has 1 saturated heterocycles. The molecule has 1 aliphatic rings. The molecule has 0 spiro atoms. The van der Waals surface area contributed by atoms with Crippen LogP contribution in [0.15, 0.2) is 0 Å². The Hall–Kier alpha value is -0.570. The first-order valence-corrected chi connectivity index (χ1v) is 5.26. The zero-order valence-electron chi connectivity index (χ0n) is 9.98. The quantitative estimate of drug-likeness (QED) is 0.727. The molecule has 0 aromatic heterocycles. The van der Waals surface area contributed by atoms with Crippen LogP contribution in [0.25, 0.3) is 0 Å². The predicted octanol–water partition coefficient (Wildman–Crippen LogP) is 1.39. The molecule has 1 aliphatic heterocycles. The molecule has 1 N–H and O–H groups in total. The molecular formula is C11H22N2O. The van der Waals surface area contributed by atoms with Gasteiger partial charge in [0.15, 0.2) is 0 Å². The number of rotatable bonds is 2. The Balaban J connectivity index is 2.72. The minimum absolute atomic E-state index is 0.0313. The van der Waals surface area contributed by atoms with Crippen molar-refractivity contribution in [3.8, 4) is 0 Å². The van der Waals surface area contributed by atoms with Gasteiger partial charge >= 0.3 is 0 Å². The minimum atomic E-state index is 0.0313. The van der Waals surface area contributed by atoms with E-state index in [1.807, 2.05) is 0 Å². The number of hydrogen-bond donors (Lipinski definition) is 1. The summed E-state index contributed by atoms with van der Waals surface area (Å²) in [6.07, 6.45) is 2.87. The third kappa shape index (κ3) is 1.92. The van der Waals surface area contributed by atoms with Gasteiger partial charge in [-0.3, -0.25) is 9.69 Å². The highest BCUT2D eigenvalue weighted by molar-refractivity contribution is 5.76. The van der Waals surface area contributed by atoms with Gasteiger partial charge in [0, 0.05) is 24.5 Å². The fourth-order valence-electron chi connectivity index (χ4n) is 2.28. The fourth-order valence-corrected chi connectivity index (χ4v) is 2.28. The standard InChI is InChI=1S/C11H22N2O/c1-10(2)6-7-11(3,13(10)5)8-9(14)12-4/h6-8H2,1-5H3,(H,12,14). The second kappa shape index (κ2) is 3.54. The van der Waals surface area contributed by atoms with Crippen molar-refractivity contribution in [2.45, 2.75) is 51.1 Å². The van der Waals surface area contributed by atoms with Crippen LogP contribution in [-0.4, -0.2) is 36.0 Å². The lowest BCUT2D eigenvalue weighted by atomic mass is 9.94. The first-order chi connectivity index (χ1) is 6.32. The van der Waals surface area contributed by atoms with Gasteiger partial charge in [0.2, 0.25) is 5.91 Å². The molecule has 3 nitrogen and oxygen atoms in total. The average molecular weight is 198 g/mol. The lowest BCUT2D eigenvalue weighted by Gasteiger charge is -2.39. The molecule has 0 aliphatic carbocycles. The van der Waals surface area contributed by atoms with Crippen molar-refractivity contribution in [2.24, 2.45) is 0 Å². The molecule has 1 amide bonds. The normalized spacial score (nSPS) is 31.8. The molecule has 0 bridgehead atoms. The second-order valence-electron chi connectivity index (χ2n) is 5.22. The van der Waals surface area contributed by atoms with Crippen molar-refractivity contribution in [3.05, 3.63) is 0 Å². The molecule has 1 unspecified atom stereocenters. The summed E-state index contributed by atoms with van der Waals surface area (Å²) in [6, 6.07) is 0. The summed E-state index contributed by atoms with van der Waals surface area (Å²) in [5.74, 6) is 0.136. The minimum Gasteiger partial charge on any atom is -0.359 e. The van der Waals surface area contributed by atoms with E-state index in [2.05, 4.69) is 38.0 Å². The Morgan fingerprint density at radius 1 is 1.36 bits per heavy atom. The topological polar surface area (TPSA) is 32.3 Å². The smallest absolute Gasteiger partial charge is 0.221 e. The monoisotopic (exact) mass is 198 g/mol. The third-order valence-corrected chi connectivity index (χ3v) is 3.81. The van der Waals surface area contributed by atoms with E-state index in [4.69, 9.17) is 0 Å². The summed E-state index contributed by atoms with van der Waals surface area (Å²) >= 11 is 0. The highest BCUT2D eigenvalue weighted by Crippen LogP contribution is 2.40. The molecule has 0 aromatic carbocycles. The van der Waals surface area contributed by atoms with E-state index in [9.17, 15) is 4.79 Å². The zero-order chi connectivity index (χ0) is 11.0. The summed E-state index contributed by atoms with van der Waals surface area (Å²) in [4.78, 5) is 13.7. The molecule has 1 fully saturated rings. The lowest BCUT2D eigenvalue weighted by Crippen LogP contribution is -2.49. The molecule has 14 heavy (non-hydrogen) atoms. The van der Waals surface area contributed by atoms with Gasteiger partial charge in [-0.2, -0.15) is 0 Å². The van der Waals surface area contributed by atoms with Crippen LogP contribution in [-0.2, 0) is 4.79 Å². The van der Waals surface area contributed by atoms with Gasteiger partial charge in [0.1, 0.15) is 0 Å². The summed E-state index contributed by atoms with van der Waals surface area (Å²) < 4.78 is 0. The van der Waals surface area contributed by atoms with Crippen molar-refractivity contribution in [2.75, 3.05) is 14.1 Å². The molecule has 1 heterocycles. The Labute approximate surface area is 86.9 Å². The summed E-state index contributed by atoms with van der Waals surface area (Å²) in [5.41, 5.74) is 0.256. The van der Waals surface area contributed by atoms with E-state index in [0.717, 1.165) is 12.8 Å². The SMILES string of the molecule is CNC(=O)CC1(C)CCC(C)(C)N1C. The Morgan fingerprint density at radius 2 is 1.93 bits per heavy atom. The highest BCUT2D eigenvalue weighted by Gasteiger charge is 2.45. The maximum atomic E-state index is 11.4. The lowest BCUT2D eigenvalue weighted by molar-refractivity contribution is -0.123. The molecule has 0 radical (unpaired) electrons. The van der Waals surface area contributed by atoms with Gasteiger partial charge in [0.25, 0.3) is 0 Å². The molecule has 1 atom stereocenters. The van der Waals surface area contributed by atoms with Crippen LogP contribution in [0.5, 0.6) is 0 Å². The molecule has 0 aromatic rings. The summed E-state index contributed by atoms with van der Waals surface area (Å²) in [7, 11) is 3.82. The van der Waals surface area contributed by atoms with E-state index in [0.29, 0.717) is 6.42 Å². The van der Waals surface area contributed by atoms with Crippen LogP contribution in [0, 0.1) is 0 Å². The van der Waals surface area contributed by atoms with Crippen LogP contribution < -0.4 is 5.32 Å². The van der Waals surface area contributed by atoms with Crippen LogP contribution >= 0.6 is 0 Å². The van der Waals surface area contributed by atoms with E-state index in [1.54, 1.807) is 7.05 Å². The van der Waals surface area contributed by atoms with Crippen molar-refractivity contribution in [1.29, 1.82) is 0 Å².